The molecule has 7 nitrogen and oxygen atoms in total. The van der Waals surface area contributed by atoms with Gasteiger partial charge in [0.15, 0.2) is 0 Å². The second-order valence-electron chi connectivity index (χ2n) is 7.86. The summed E-state index contributed by atoms with van der Waals surface area (Å²) in [6.45, 7) is 15.9. The zero-order valence-electron chi connectivity index (χ0n) is 21.2. The minimum atomic E-state index is -0.708. The van der Waals surface area contributed by atoms with Gasteiger partial charge in [-0.1, -0.05) is 69.7 Å². The second kappa shape index (κ2) is 18.0. The third-order valence-electron chi connectivity index (χ3n) is 4.81. The van der Waals surface area contributed by atoms with Crippen LogP contribution in [-0.4, -0.2) is 52.5 Å². The molecule has 2 aromatic rings. The minimum Gasteiger partial charge on any atom is -0.437 e. The van der Waals surface area contributed by atoms with Gasteiger partial charge in [-0.2, -0.15) is 0 Å². The van der Waals surface area contributed by atoms with Gasteiger partial charge in [0.05, 0.1) is 7.11 Å². The highest BCUT2D eigenvalue weighted by molar-refractivity contribution is 5.63. The fourth-order valence-electron chi connectivity index (χ4n) is 2.84. The maximum absolute atomic E-state index is 11.2. The number of nitrogens with two attached hydrogens (primary N) is 2. The molecule has 0 aliphatic carbocycles. The molecule has 0 aliphatic heterocycles. The summed E-state index contributed by atoms with van der Waals surface area (Å²) in [5, 5.41) is 6.15. The topological polar surface area (TPSA) is 112 Å². The van der Waals surface area contributed by atoms with Crippen molar-refractivity contribution in [3.63, 3.8) is 0 Å². The summed E-state index contributed by atoms with van der Waals surface area (Å²) in [6, 6.07) is 16.0. The smallest absolute Gasteiger partial charge is 0.437 e. The van der Waals surface area contributed by atoms with Crippen molar-refractivity contribution in [2.75, 3.05) is 46.4 Å². The first kappa shape index (κ1) is 30.6. The quantitative estimate of drug-likeness (QED) is 0.257. The lowest BCUT2D eigenvalue weighted by atomic mass is 9.78. The van der Waals surface area contributed by atoms with Crippen molar-refractivity contribution >= 4 is 6.16 Å². The van der Waals surface area contributed by atoms with E-state index in [1.54, 1.807) is 6.07 Å². The zero-order chi connectivity index (χ0) is 25.1. The maximum atomic E-state index is 11.2. The molecule has 0 bridgehead atoms. The number of nitrogens with one attached hydrogen (secondary N) is 2. The van der Waals surface area contributed by atoms with E-state index in [0.717, 1.165) is 44.8 Å². The lowest BCUT2D eigenvalue weighted by Crippen LogP contribution is -2.21. The van der Waals surface area contributed by atoms with Gasteiger partial charge in [-0.3, -0.25) is 0 Å². The number of aryl methyl sites for hydroxylation is 1. The molecule has 2 rings (SSSR count). The Bertz CT molecular complexity index is 766. The van der Waals surface area contributed by atoms with E-state index in [2.05, 4.69) is 74.3 Å². The van der Waals surface area contributed by atoms with E-state index in [1.165, 1.54) is 18.2 Å². The van der Waals surface area contributed by atoms with Gasteiger partial charge in [0.1, 0.15) is 5.75 Å². The maximum Gasteiger partial charge on any atom is 0.513 e. The Labute approximate surface area is 200 Å². The first-order valence-corrected chi connectivity index (χ1v) is 11.5. The van der Waals surface area contributed by atoms with Crippen LogP contribution in [0.3, 0.4) is 0 Å². The number of benzene rings is 2. The van der Waals surface area contributed by atoms with Crippen LogP contribution in [0.2, 0.25) is 0 Å². The Kier molecular flexibility index (Phi) is 16.7. The molecule has 0 unspecified atom stereocenters. The second-order valence-corrected chi connectivity index (χ2v) is 7.86. The van der Waals surface area contributed by atoms with E-state index in [9.17, 15) is 4.79 Å². The molecule has 186 valence electrons. The highest BCUT2D eigenvalue weighted by atomic mass is 16.7. The van der Waals surface area contributed by atoms with E-state index in [4.69, 9.17) is 16.2 Å². The molecule has 0 aromatic heterocycles. The fraction of sp³-hybridized carbons (Fsp3) is 0.500. The summed E-state index contributed by atoms with van der Waals surface area (Å²) >= 11 is 0. The van der Waals surface area contributed by atoms with Gasteiger partial charge in [-0.25, -0.2) is 4.79 Å². The van der Waals surface area contributed by atoms with E-state index in [-0.39, 0.29) is 5.41 Å². The lowest BCUT2D eigenvalue weighted by Gasteiger charge is -2.26. The Morgan fingerprint density at radius 2 is 1.42 bits per heavy atom. The van der Waals surface area contributed by atoms with E-state index < -0.39 is 6.16 Å². The van der Waals surface area contributed by atoms with E-state index in [0.29, 0.717) is 5.75 Å². The van der Waals surface area contributed by atoms with Crippen LogP contribution in [0, 0.1) is 6.92 Å². The molecule has 0 aliphatic rings. The van der Waals surface area contributed by atoms with E-state index >= 15 is 0 Å². The van der Waals surface area contributed by atoms with Crippen LogP contribution in [0.25, 0.3) is 0 Å². The molecule has 0 fully saturated rings. The number of carbonyl (C=O) groups excluding carboxylic acids is 1. The molecule has 7 heteroatoms. The van der Waals surface area contributed by atoms with Crippen LogP contribution in [0.4, 0.5) is 4.79 Å². The monoisotopic (exact) mass is 460 g/mol. The molecule has 0 spiro atoms. The summed E-state index contributed by atoms with van der Waals surface area (Å²) in [6.07, 6.45) is -0.708. The molecule has 0 saturated heterocycles. The van der Waals surface area contributed by atoms with Gasteiger partial charge in [0.25, 0.3) is 0 Å². The molecule has 6 N–H and O–H groups in total. The Hall–Kier alpha value is -2.45. The SMILES string of the molecule is CCNCCN.CCNCCN.COC(=O)Oc1cccc(C(C)(C)c2cccc(C)c2)c1. The molecule has 0 saturated carbocycles. The molecule has 0 radical (unpaired) electrons. The summed E-state index contributed by atoms with van der Waals surface area (Å²) in [5.41, 5.74) is 13.6. The molecule has 0 heterocycles. The van der Waals surface area contributed by atoms with Gasteiger partial charge in [0, 0.05) is 31.6 Å². The van der Waals surface area contributed by atoms with Crippen molar-refractivity contribution in [3.8, 4) is 5.75 Å². The largest absolute Gasteiger partial charge is 0.513 e. The molecular weight excluding hydrogens is 416 g/mol. The average molecular weight is 461 g/mol. The fourth-order valence-corrected chi connectivity index (χ4v) is 2.84. The van der Waals surface area contributed by atoms with Crippen molar-refractivity contribution in [2.45, 2.75) is 40.0 Å². The Morgan fingerprint density at radius 3 is 1.85 bits per heavy atom. The van der Waals surface area contributed by atoms with Crippen molar-refractivity contribution in [2.24, 2.45) is 11.5 Å². The number of carbonyl (C=O) groups is 1. The van der Waals surface area contributed by atoms with Crippen LogP contribution in [0.5, 0.6) is 5.75 Å². The first-order valence-electron chi connectivity index (χ1n) is 11.5. The number of likely N-dealkylation sites (N-methyl/N-ethyl adjacent to an activating group) is 2. The summed E-state index contributed by atoms with van der Waals surface area (Å²) in [7, 11) is 1.29. The van der Waals surface area contributed by atoms with Gasteiger partial charge in [-0.05, 0) is 43.3 Å². The average Bonchev–Trinajstić information content (AvgIpc) is 2.82. The molecule has 33 heavy (non-hydrogen) atoms. The van der Waals surface area contributed by atoms with Crippen LogP contribution in [-0.2, 0) is 10.2 Å². The van der Waals surface area contributed by atoms with Gasteiger partial charge < -0.3 is 31.6 Å². The van der Waals surface area contributed by atoms with Crippen LogP contribution < -0.4 is 26.8 Å². The van der Waals surface area contributed by atoms with E-state index in [1.807, 2.05) is 18.2 Å². The Balaban J connectivity index is 0.000000705. The summed E-state index contributed by atoms with van der Waals surface area (Å²) in [4.78, 5) is 11.2. The first-order chi connectivity index (χ1) is 15.8. The normalized spacial score (nSPS) is 10.3. The van der Waals surface area contributed by atoms with Crippen molar-refractivity contribution in [1.82, 2.24) is 10.6 Å². The highest BCUT2D eigenvalue weighted by Crippen LogP contribution is 2.33. The predicted molar refractivity (Wildman–Crippen MR) is 138 cm³/mol. The predicted octanol–water partition coefficient (Wildman–Crippen LogP) is 3.58. The minimum absolute atomic E-state index is 0.179. The standard InChI is InChI=1S/C18H20O3.2C4H12N2/c1-13-7-5-8-14(11-13)18(2,3)15-9-6-10-16(12-15)21-17(19)20-4;2*1-2-6-4-3-5/h5-12H,1-4H3;2*6H,2-5H2,1H3. The van der Waals surface area contributed by atoms with Gasteiger partial charge in [-0.15, -0.1) is 0 Å². The highest BCUT2D eigenvalue weighted by Gasteiger charge is 2.23. The number of hydrogen-bond donors (Lipinski definition) is 4. The van der Waals surface area contributed by atoms with Gasteiger partial charge >= 0.3 is 6.16 Å². The number of rotatable bonds is 9. The summed E-state index contributed by atoms with van der Waals surface area (Å²) in [5.74, 6) is 0.486. The van der Waals surface area contributed by atoms with Crippen molar-refractivity contribution in [1.29, 1.82) is 0 Å². The molecule has 2 aromatic carbocycles. The number of ether oxygens (including phenoxy) is 2. The van der Waals surface area contributed by atoms with Gasteiger partial charge in [0.2, 0.25) is 0 Å². The third-order valence-corrected chi connectivity index (χ3v) is 4.81. The van der Waals surface area contributed by atoms with Crippen LogP contribution >= 0.6 is 0 Å². The zero-order valence-corrected chi connectivity index (χ0v) is 21.2. The Morgan fingerprint density at radius 1 is 0.909 bits per heavy atom. The third kappa shape index (κ3) is 13.0. The molecular formula is C26H44N4O3. The lowest BCUT2D eigenvalue weighted by molar-refractivity contribution is 0.121. The van der Waals surface area contributed by atoms with Crippen LogP contribution in [0.15, 0.2) is 48.5 Å². The molecule has 0 atom stereocenters. The van der Waals surface area contributed by atoms with Crippen molar-refractivity contribution < 1.29 is 14.3 Å². The van der Waals surface area contributed by atoms with Crippen LogP contribution in [0.1, 0.15) is 44.4 Å². The number of hydrogen-bond acceptors (Lipinski definition) is 7. The molecule has 0 amide bonds. The van der Waals surface area contributed by atoms with Crippen molar-refractivity contribution in [3.05, 3.63) is 65.2 Å². The number of methoxy groups -OCH3 is 1. The summed E-state index contributed by atoms with van der Waals surface area (Å²) < 4.78 is 9.62.